The first-order valence-electron chi connectivity index (χ1n) is 6.02. The van der Waals surface area contributed by atoms with E-state index in [1.54, 1.807) is 13.8 Å². The van der Waals surface area contributed by atoms with Crippen LogP contribution >= 0.6 is 22.6 Å². The second-order valence-electron chi connectivity index (χ2n) is 4.63. The standard InChI is InChI=1S/C15H16FIN2/c1-9-5-11(6-10(2)15(9)16)8-19-14-4-3-12(17)7-13(14)18/h3-7,19H,8,18H2,1-2H3. The van der Waals surface area contributed by atoms with Gasteiger partial charge in [0.25, 0.3) is 0 Å². The Morgan fingerprint density at radius 1 is 1.16 bits per heavy atom. The number of benzene rings is 2. The normalized spacial score (nSPS) is 10.5. The van der Waals surface area contributed by atoms with Crippen LogP contribution in [0.2, 0.25) is 0 Å². The lowest BCUT2D eigenvalue weighted by Gasteiger charge is -2.11. The molecule has 0 heterocycles. The number of nitrogens with two attached hydrogens (primary N) is 1. The molecule has 0 aliphatic heterocycles. The average molecular weight is 370 g/mol. The van der Waals surface area contributed by atoms with Gasteiger partial charge in [-0.1, -0.05) is 12.1 Å². The van der Waals surface area contributed by atoms with Crippen molar-refractivity contribution in [3.8, 4) is 0 Å². The van der Waals surface area contributed by atoms with Gasteiger partial charge in [0, 0.05) is 10.1 Å². The summed E-state index contributed by atoms with van der Waals surface area (Å²) in [5.74, 6) is -0.127. The molecule has 0 bridgehead atoms. The van der Waals surface area contributed by atoms with E-state index in [2.05, 4.69) is 27.9 Å². The highest BCUT2D eigenvalue weighted by Gasteiger charge is 2.05. The molecule has 2 rings (SSSR count). The van der Waals surface area contributed by atoms with Gasteiger partial charge in [-0.3, -0.25) is 0 Å². The van der Waals surface area contributed by atoms with E-state index < -0.39 is 0 Å². The van der Waals surface area contributed by atoms with Gasteiger partial charge in [0.05, 0.1) is 11.4 Å². The number of nitrogen functional groups attached to an aromatic ring is 1. The Kier molecular flexibility index (Phi) is 4.29. The van der Waals surface area contributed by atoms with Crippen LogP contribution in [0.4, 0.5) is 15.8 Å². The van der Waals surface area contributed by atoms with Gasteiger partial charge in [0.2, 0.25) is 0 Å². The molecular formula is C15H16FIN2. The molecule has 0 fully saturated rings. The highest BCUT2D eigenvalue weighted by atomic mass is 127. The highest BCUT2D eigenvalue weighted by molar-refractivity contribution is 14.1. The summed E-state index contributed by atoms with van der Waals surface area (Å²) in [6.45, 7) is 4.20. The molecule has 2 aromatic rings. The summed E-state index contributed by atoms with van der Waals surface area (Å²) in [6, 6.07) is 9.60. The lowest BCUT2D eigenvalue weighted by molar-refractivity contribution is 0.608. The van der Waals surface area contributed by atoms with Crippen molar-refractivity contribution in [2.45, 2.75) is 20.4 Å². The van der Waals surface area contributed by atoms with Gasteiger partial charge < -0.3 is 11.1 Å². The quantitative estimate of drug-likeness (QED) is 0.627. The summed E-state index contributed by atoms with van der Waals surface area (Å²) in [7, 11) is 0. The second-order valence-corrected chi connectivity index (χ2v) is 5.87. The molecule has 0 radical (unpaired) electrons. The minimum atomic E-state index is -0.127. The summed E-state index contributed by atoms with van der Waals surface area (Å²) >= 11 is 2.22. The fraction of sp³-hybridized carbons (Fsp3) is 0.200. The second kappa shape index (κ2) is 5.77. The molecule has 2 nitrogen and oxygen atoms in total. The molecule has 0 unspecified atom stereocenters. The molecule has 0 aromatic heterocycles. The molecule has 0 saturated heterocycles. The van der Waals surface area contributed by atoms with E-state index in [0.717, 1.165) is 20.5 Å². The van der Waals surface area contributed by atoms with Gasteiger partial charge in [-0.25, -0.2) is 4.39 Å². The smallest absolute Gasteiger partial charge is 0.129 e. The minimum Gasteiger partial charge on any atom is -0.397 e. The highest BCUT2D eigenvalue weighted by Crippen LogP contribution is 2.22. The van der Waals surface area contributed by atoms with E-state index in [1.807, 2.05) is 30.3 Å². The van der Waals surface area contributed by atoms with E-state index in [1.165, 1.54) is 0 Å². The van der Waals surface area contributed by atoms with Crippen molar-refractivity contribution >= 4 is 34.0 Å². The van der Waals surface area contributed by atoms with Crippen molar-refractivity contribution in [3.63, 3.8) is 0 Å². The maximum absolute atomic E-state index is 13.5. The Bertz CT molecular complexity index is 588. The van der Waals surface area contributed by atoms with Crippen molar-refractivity contribution in [2.24, 2.45) is 0 Å². The van der Waals surface area contributed by atoms with Crippen LogP contribution in [-0.4, -0.2) is 0 Å². The van der Waals surface area contributed by atoms with E-state index in [-0.39, 0.29) is 5.82 Å². The summed E-state index contributed by atoms with van der Waals surface area (Å²) in [5, 5.41) is 3.28. The molecule has 0 spiro atoms. The summed E-state index contributed by atoms with van der Waals surface area (Å²) < 4.78 is 14.6. The van der Waals surface area contributed by atoms with E-state index in [4.69, 9.17) is 5.73 Å². The zero-order valence-electron chi connectivity index (χ0n) is 10.9. The molecule has 0 aliphatic rings. The molecule has 4 heteroatoms. The molecule has 0 aliphatic carbocycles. The van der Waals surface area contributed by atoms with Crippen LogP contribution in [0.3, 0.4) is 0 Å². The number of hydrogen-bond acceptors (Lipinski definition) is 2. The number of hydrogen-bond donors (Lipinski definition) is 2. The van der Waals surface area contributed by atoms with Crippen LogP contribution < -0.4 is 11.1 Å². The molecular weight excluding hydrogens is 354 g/mol. The first kappa shape index (κ1) is 14.1. The van der Waals surface area contributed by atoms with Crippen LogP contribution in [0.15, 0.2) is 30.3 Å². The first-order chi connectivity index (χ1) is 8.97. The van der Waals surface area contributed by atoms with Crippen molar-refractivity contribution < 1.29 is 4.39 Å². The lowest BCUT2D eigenvalue weighted by Crippen LogP contribution is -2.04. The number of nitrogens with one attached hydrogen (secondary N) is 1. The van der Waals surface area contributed by atoms with Crippen LogP contribution in [0.5, 0.6) is 0 Å². The predicted molar refractivity (Wildman–Crippen MR) is 86.8 cm³/mol. The molecule has 2 aromatic carbocycles. The summed E-state index contributed by atoms with van der Waals surface area (Å²) in [6.07, 6.45) is 0. The van der Waals surface area contributed by atoms with Gasteiger partial charge in [0.1, 0.15) is 5.82 Å². The lowest BCUT2D eigenvalue weighted by atomic mass is 10.1. The predicted octanol–water partition coefficient (Wildman–Crippen LogP) is 4.24. The number of halogens is 2. The van der Waals surface area contributed by atoms with Crippen LogP contribution in [0.1, 0.15) is 16.7 Å². The first-order valence-corrected chi connectivity index (χ1v) is 7.10. The number of aryl methyl sites for hydroxylation is 2. The van der Waals surface area contributed by atoms with Crippen molar-refractivity contribution in [2.75, 3.05) is 11.1 Å². The van der Waals surface area contributed by atoms with Crippen LogP contribution in [0.25, 0.3) is 0 Å². The third-order valence-electron chi connectivity index (χ3n) is 2.99. The summed E-state index contributed by atoms with van der Waals surface area (Å²) in [5.41, 5.74) is 9.97. The third-order valence-corrected chi connectivity index (χ3v) is 3.66. The van der Waals surface area contributed by atoms with Crippen LogP contribution in [-0.2, 0) is 6.54 Å². The SMILES string of the molecule is Cc1cc(CNc2ccc(I)cc2N)cc(C)c1F. The Balaban J connectivity index is 2.14. The molecule has 0 atom stereocenters. The summed E-state index contributed by atoms with van der Waals surface area (Å²) in [4.78, 5) is 0. The van der Waals surface area contributed by atoms with Crippen LogP contribution in [0, 0.1) is 23.2 Å². The molecule has 100 valence electrons. The fourth-order valence-corrected chi connectivity index (χ4v) is 2.54. The van der Waals surface area contributed by atoms with Crippen molar-refractivity contribution in [3.05, 3.63) is 56.4 Å². The third kappa shape index (κ3) is 3.37. The fourth-order valence-electron chi connectivity index (χ4n) is 2.03. The number of anilines is 2. The Morgan fingerprint density at radius 3 is 2.37 bits per heavy atom. The number of rotatable bonds is 3. The monoisotopic (exact) mass is 370 g/mol. The van der Waals surface area contributed by atoms with Gasteiger partial charge in [-0.2, -0.15) is 0 Å². The zero-order valence-corrected chi connectivity index (χ0v) is 13.1. The van der Waals surface area contributed by atoms with Gasteiger partial charge in [0.15, 0.2) is 0 Å². The topological polar surface area (TPSA) is 38.0 Å². The Morgan fingerprint density at radius 2 is 1.79 bits per heavy atom. The molecule has 0 saturated carbocycles. The Hall–Kier alpha value is -1.30. The molecule has 0 amide bonds. The van der Waals surface area contributed by atoms with Crippen molar-refractivity contribution in [1.29, 1.82) is 0 Å². The van der Waals surface area contributed by atoms with Gasteiger partial charge >= 0.3 is 0 Å². The van der Waals surface area contributed by atoms with Gasteiger partial charge in [-0.15, -0.1) is 0 Å². The van der Waals surface area contributed by atoms with E-state index in [0.29, 0.717) is 17.7 Å². The maximum atomic E-state index is 13.5. The maximum Gasteiger partial charge on any atom is 0.129 e. The minimum absolute atomic E-state index is 0.127. The van der Waals surface area contributed by atoms with Gasteiger partial charge in [-0.05, 0) is 71.3 Å². The molecule has 19 heavy (non-hydrogen) atoms. The van der Waals surface area contributed by atoms with Crippen molar-refractivity contribution in [1.82, 2.24) is 0 Å². The Labute approximate surface area is 126 Å². The molecule has 3 N–H and O–H groups in total. The average Bonchev–Trinajstić information content (AvgIpc) is 2.34. The van der Waals surface area contributed by atoms with E-state index >= 15 is 0 Å². The zero-order chi connectivity index (χ0) is 14.0. The largest absolute Gasteiger partial charge is 0.397 e. The van der Waals surface area contributed by atoms with E-state index in [9.17, 15) is 4.39 Å².